The van der Waals surface area contributed by atoms with Crippen LogP contribution in [0.1, 0.15) is 12.8 Å². The van der Waals surface area contributed by atoms with Gasteiger partial charge in [0.25, 0.3) is 0 Å². The van der Waals surface area contributed by atoms with Crippen LogP contribution >= 0.6 is 0 Å². The van der Waals surface area contributed by atoms with E-state index in [2.05, 4.69) is 4.98 Å². The second-order valence-corrected chi connectivity index (χ2v) is 8.48. The lowest BCUT2D eigenvalue weighted by Gasteiger charge is -2.35. The third-order valence-electron chi connectivity index (χ3n) is 6.72. The first-order valence-electron chi connectivity index (χ1n) is 10.6. The molecule has 3 fully saturated rings. The highest BCUT2D eigenvalue weighted by Crippen LogP contribution is 2.52. The smallest absolute Gasteiger partial charge is 0.230 e. The molecule has 0 aromatic carbocycles. The number of hydrogen-bond donors (Lipinski definition) is 0. The molecule has 4 aliphatic rings. The van der Waals surface area contributed by atoms with Gasteiger partial charge in [0.2, 0.25) is 11.8 Å². The van der Waals surface area contributed by atoms with Gasteiger partial charge in [0, 0.05) is 45.8 Å². The maximum absolute atomic E-state index is 13.4. The molecule has 3 saturated heterocycles. The van der Waals surface area contributed by atoms with Crippen LogP contribution in [-0.4, -0.2) is 84.3 Å². The van der Waals surface area contributed by atoms with E-state index in [1.54, 1.807) is 24.4 Å². The third kappa shape index (κ3) is 3.18. The van der Waals surface area contributed by atoms with Gasteiger partial charge in [0.1, 0.15) is 17.5 Å². The number of amides is 2. The highest BCUT2D eigenvalue weighted by atomic mass is 16.5. The molecule has 1 aromatic rings. The molecule has 0 unspecified atom stereocenters. The zero-order valence-corrected chi connectivity index (χ0v) is 17.1. The number of rotatable bonds is 6. The Morgan fingerprint density at radius 2 is 2.20 bits per heavy atom. The lowest BCUT2D eigenvalue weighted by molar-refractivity contribution is -0.144. The van der Waals surface area contributed by atoms with Crippen molar-refractivity contribution in [3.8, 4) is 5.75 Å². The van der Waals surface area contributed by atoms with E-state index in [0.717, 1.165) is 18.6 Å². The van der Waals surface area contributed by atoms with Crippen LogP contribution in [0.2, 0.25) is 0 Å². The number of ether oxygens (including phenoxy) is 3. The number of hydrogen-bond acceptors (Lipinski definition) is 6. The van der Waals surface area contributed by atoms with E-state index >= 15 is 0 Å². The lowest BCUT2D eigenvalue weighted by Crippen LogP contribution is -2.49. The van der Waals surface area contributed by atoms with Crippen LogP contribution in [0.4, 0.5) is 0 Å². The van der Waals surface area contributed by atoms with Crippen molar-refractivity contribution in [1.82, 2.24) is 14.8 Å². The minimum absolute atomic E-state index is 0.00652. The van der Waals surface area contributed by atoms with E-state index in [-0.39, 0.29) is 24.0 Å². The standard InChI is InChI=1S/C22H27N3O5/c1-28-12-11-25-14-22-7-4-17(30-22)18(19(22)21(25)27)20(26)24-9-5-15(6-10-24)29-16-3-2-8-23-13-16/h2-4,7-8,13,15,17-19H,5-6,9-12,14H2,1H3/t17-,18-,19+,22-/m1/s1. The summed E-state index contributed by atoms with van der Waals surface area (Å²) < 4.78 is 17.3. The molecule has 30 heavy (non-hydrogen) atoms. The van der Waals surface area contributed by atoms with Crippen molar-refractivity contribution < 1.29 is 23.8 Å². The van der Waals surface area contributed by atoms with E-state index in [9.17, 15) is 9.59 Å². The van der Waals surface area contributed by atoms with Gasteiger partial charge in [-0.1, -0.05) is 12.2 Å². The molecular weight excluding hydrogens is 386 g/mol. The molecule has 4 atom stereocenters. The number of nitrogens with zero attached hydrogens (tertiary/aromatic N) is 3. The van der Waals surface area contributed by atoms with Gasteiger partial charge in [-0.25, -0.2) is 0 Å². The average Bonchev–Trinajstić information content (AvgIpc) is 3.41. The number of methoxy groups -OCH3 is 1. The van der Waals surface area contributed by atoms with Gasteiger partial charge in [-0.3, -0.25) is 14.6 Å². The number of carbonyl (C=O) groups is 2. The maximum Gasteiger partial charge on any atom is 0.230 e. The molecule has 1 spiro atoms. The van der Waals surface area contributed by atoms with E-state index in [1.807, 2.05) is 29.2 Å². The molecule has 1 aromatic heterocycles. The molecule has 8 heteroatoms. The molecule has 0 saturated carbocycles. The Hall–Kier alpha value is -2.45. The number of aromatic nitrogens is 1. The van der Waals surface area contributed by atoms with Crippen molar-refractivity contribution >= 4 is 11.8 Å². The average molecular weight is 413 g/mol. The van der Waals surface area contributed by atoms with Gasteiger partial charge < -0.3 is 24.0 Å². The van der Waals surface area contributed by atoms with E-state index in [4.69, 9.17) is 14.2 Å². The fraction of sp³-hybridized carbons (Fsp3) is 0.591. The van der Waals surface area contributed by atoms with Crippen LogP contribution in [0, 0.1) is 11.8 Å². The van der Waals surface area contributed by atoms with E-state index in [1.165, 1.54) is 0 Å². The highest BCUT2D eigenvalue weighted by molar-refractivity contribution is 5.93. The summed E-state index contributed by atoms with van der Waals surface area (Å²) in [6.07, 6.45) is 8.66. The van der Waals surface area contributed by atoms with Gasteiger partial charge in [-0.05, 0) is 12.1 Å². The summed E-state index contributed by atoms with van der Waals surface area (Å²) in [5.74, 6) is -0.0827. The molecular formula is C22H27N3O5. The van der Waals surface area contributed by atoms with Crippen LogP contribution in [0.5, 0.6) is 5.75 Å². The first-order valence-corrected chi connectivity index (χ1v) is 10.6. The Kier molecular flexibility index (Phi) is 4.99. The van der Waals surface area contributed by atoms with E-state index in [0.29, 0.717) is 32.8 Å². The molecule has 160 valence electrons. The summed E-state index contributed by atoms with van der Waals surface area (Å²) in [5, 5.41) is 0. The number of likely N-dealkylation sites (tertiary alicyclic amines) is 2. The fourth-order valence-corrected chi connectivity index (χ4v) is 5.27. The molecule has 2 bridgehead atoms. The number of piperidine rings is 1. The first-order chi connectivity index (χ1) is 14.6. The van der Waals surface area contributed by atoms with Crippen LogP contribution in [0.3, 0.4) is 0 Å². The largest absolute Gasteiger partial charge is 0.489 e. The van der Waals surface area contributed by atoms with E-state index < -0.39 is 17.4 Å². The van der Waals surface area contributed by atoms with Crippen molar-refractivity contribution in [2.45, 2.75) is 30.7 Å². The summed E-state index contributed by atoms with van der Waals surface area (Å²) in [4.78, 5) is 34.2. The number of fused-ring (bicyclic) bond motifs is 1. The predicted octanol–water partition coefficient (Wildman–Crippen LogP) is 0.880. The number of carbonyl (C=O) groups excluding carboxylic acids is 2. The quantitative estimate of drug-likeness (QED) is 0.644. The zero-order chi connectivity index (χ0) is 20.7. The van der Waals surface area contributed by atoms with Crippen LogP contribution in [0.25, 0.3) is 0 Å². The molecule has 0 aliphatic carbocycles. The van der Waals surface area contributed by atoms with Crippen molar-refractivity contribution in [2.24, 2.45) is 11.8 Å². The maximum atomic E-state index is 13.4. The summed E-state index contributed by atoms with van der Waals surface area (Å²) in [5.41, 5.74) is -0.655. The molecule has 5 rings (SSSR count). The molecule has 8 nitrogen and oxygen atoms in total. The second-order valence-electron chi connectivity index (χ2n) is 8.48. The van der Waals surface area contributed by atoms with Gasteiger partial charge >= 0.3 is 0 Å². The van der Waals surface area contributed by atoms with Crippen molar-refractivity contribution in [1.29, 1.82) is 0 Å². The molecule has 0 N–H and O–H groups in total. The van der Waals surface area contributed by atoms with Gasteiger partial charge in [-0.15, -0.1) is 0 Å². The van der Waals surface area contributed by atoms with Crippen molar-refractivity contribution in [2.75, 3.05) is 39.9 Å². The zero-order valence-electron chi connectivity index (χ0n) is 17.1. The summed E-state index contributed by atoms with van der Waals surface area (Å²) in [6.45, 7) is 2.74. The SMILES string of the molecule is COCCN1C[C@@]23C=C[C@@H](O2)[C@@H](C(=O)N2CCC(Oc4cccnc4)CC2)[C@H]3C1=O. The van der Waals surface area contributed by atoms with Crippen LogP contribution in [0.15, 0.2) is 36.7 Å². The van der Waals surface area contributed by atoms with Gasteiger partial charge in [0.05, 0.1) is 37.3 Å². The van der Waals surface area contributed by atoms with Gasteiger partial charge in [-0.2, -0.15) is 0 Å². The second kappa shape index (κ2) is 7.67. The monoisotopic (exact) mass is 413 g/mol. The lowest BCUT2D eigenvalue weighted by atomic mass is 9.76. The summed E-state index contributed by atoms with van der Waals surface area (Å²) in [7, 11) is 1.62. The van der Waals surface area contributed by atoms with Crippen LogP contribution in [-0.2, 0) is 19.1 Å². The Morgan fingerprint density at radius 3 is 2.93 bits per heavy atom. The Bertz CT molecular complexity index is 838. The number of pyridine rings is 1. The molecule has 5 heterocycles. The highest BCUT2D eigenvalue weighted by Gasteiger charge is 2.67. The first kappa shape index (κ1) is 19.5. The topological polar surface area (TPSA) is 81.2 Å². The predicted molar refractivity (Wildman–Crippen MR) is 107 cm³/mol. The minimum Gasteiger partial charge on any atom is -0.489 e. The summed E-state index contributed by atoms with van der Waals surface area (Å²) in [6, 6.07) is 3.74. The van der Waals surface area contributed by atoms with Crippen molar-refractivity contribution in [3.63, 3.8) is 0 Å². The Balaban J connectivity index is 1.24. The fourth-order valence-electron chi connectivity index (χ4n) is 5.27. The molecule has 0 radical (unpaired) electrons. The Morgan fingerprint density at radius 1 is 1.37 bits per heavy atom. The molecule has 2 amide bonds. The Labute approximate surface area is 175 Å². The van der Waals surface area contributed by atoms with Crippen molar-refractivity contribution in [3.05, 3.63) is 36.7 Å². The normalized spacial score (nSPS) is 32.7. The molecule has 4 aliphatic heterocycles. The minimum atomic E-state index is -0.655. The van der Waals surface area contributed by atoms with Gasteiger partial charge in [0.15, 0.2) is 0 Å². The third-order valence-corrected chi connectivity index (χ3v) is 6.72. The van der Waals surface area contributed by atoms with Crippen LogP contribution < -0.4 is 4.74 Å². The summed E-state index contributed by atoms with van der Waals surface area (Å²) >= 11 is 0.